The molecule has 0 aliphatic rings. The highest BCUT2D eigenvalue weighted by molar-refractivity contribution is 6.30. The highest BCUT2D eigenvalue weighted by Gasteiger charge is 2.06. The van der Waals surface area contributed by atoms with Crippen LogP contribution >= 0.6 is 11.6 Å². The normalized spacial score (nSPS) is 10.7. The zero-order chi connectivity index (χ0) is 13.4. The standard InChI is InChI=1S/C14H21ClN2O/c1-3-17(4-2)11-14(18)16-10-9-12-5-7-13(15)8-6-12/h5-8H,3-4,9-11H2,1-2H3,(H,16,18). The first-order valence-corrected chi connectivity index (χ1v) is 6.77. The molecule has 0 saturated carbocycles. The first kappa shape index (κ1) is 15.0. The molecule has 0 aliphatic heterocycles. The van der Waals surface area contributed by atoms with Gasteiger partial charge in [0, 0.05) is 11.6 Å². The molecule has 0 aromatic heterocycles. The van der Waals surface area contributed by atoms with Crippen molar-refractivity contribution in [3.05, 3.63) is 34.9 Å². The number of hydrogen-bond donors (Lipinski definition) is 1. The van der Waals surface area contributed by atoms with Gasteiger partial charge in [-0.2, -0.15) is 0 Å². The molecule has 0 bridgehead atoms. The second kappa shape index (κ2) is 8.11. The number of carbonyl (C=O) groups is 1. The fourth-order valence-corrected chi connectivity index (χ4v) is 1.83. The Balaban J connectivity index is 2.25. The number of likely N-dealkylation sites (N-methyl/N-ethyl adjacent to an activating group) is 1. The number of hydrogen-bond acceptors (Lipinski definition) is 2. The van der Waals surface area contributed by atoms with E-state index in [9.17, 15) is 4.79 Å². The van der Waals surface area contributed by atoms with Crippen LogP contribution in [0.15, 0.2) is 24.3 Å². The van der Waals surface area contributed by atoms with E-state index in [2.05, 4.69) is 24.1 Å². The summed E-state index contributed by atoms with van der Waals surface area (Å²) in [5.74, 6) is 0.0904. The Labute approximate surface area is 114 Å². The molecular weight excluding hydrogens is 248 g/mol. The van der Waals surface area contributed by atoms with E-state index in [1.165, 1.54) is 5.56 Å². The van der Waals surface area contributed by atoms with Crippen LogP contribution in [0.25, 0.3) is 0 Å². The Hall–Kier alpha value is -1.06. The lowest BCUT2D eigenvalue weighted by molar-refractivity contribution is -0.122. The minimum absolute atomic E-state index is 0.0904. The van der Waals surface area contributed by atoms with Crippen molar-refractivity contribution >= 4 is 17.5 Å². The van der Waals surface area contributed by atoms with Crippen molar-refractivity contribution in [1.29, 1.82) is 0 Å². The van der Waals surface area contributed by atoms with Crippen molar-refractivity contribution in [3.63, 3.8) is 0 Å². The zero-order valence-corrected chi connectivity index (χ0v) is 11.8. The van der Waals surface area contributed by atoms with Gasteiger partial charge in [-0.3, -0.25) is 9.69 Å². The summed E-state index contributed by atoms with van der Waals surface area (Å²) in [4.78, 5) is 13.7. The maximum absolute atomic E-state index is 11.6. The molecule has 0 saturated heterocycles. The first-order chi connectivity index (χ1) is 8.65. The topological polar surface area (TPSA) is 32.3 Å². The van der Waals surface area contributed by atoms with Gasteiger partial charge in [0.15, 0.2) is 0 Å². The lowest BCUT2D eigenvalue weighted by Crippen LogP contribution is -2.37. The number of carbonyl (C=O) groups excluding carboxylic acids is 1. The summed E-state index contributed by atoms with van der Waals surface area (Å²) in [6.07, 6.45) is 0.834. The smallest absolute Gasteiger partial charge is 0.234 e. The second-order valence-corrected chi connectivity index (χ2v) is 4.62. The van der Waals surface area contributed by atoms with Crippen LogP contribution in [0.4, 0.5) is 0 Å². The Bertz CT molecular complexity index is 361. The molecule has 1 rings (SSSR count). The number of rotatable bonds is 7. The van der Waals surface area contributed by atoms with Gasteiger partial charge in [-0.15, -0.1) is 0 Å². The van der Waals surface area contributed by atoms with E-state index in [4.69, 9.17) is 11.6 Å². The molecule has 3 nitrogen and oxygen atoms in total. The predicted molar refractivity (Wildman–Crippen MR) is 76.0 cm³/mol. The zero-order valence-electron chi connectivity index (χ0n) is 11.1. The quantitative estimate of drug-likeness (QED) is 0.823. The molecule has 1 aromatic rings. The van der Waals surface area contributed by atoms with Gasteiger partial charge in [-0.25, -0.2) is 0 Å². The van der Waals surface area contributed by atoms with Gasteiger partial charge in [0.2, 0.25) is 5.91 Å². The highest BCUT2D eigenvalue weighted by Crippen LogP contribution is 2.09. The number of halogens is 1. The molecule has 0 fully saturated rings. The number of benzene rings is 1. The van der Waals surface area contributed by atoms with Crippen LogP contribution in [0.2, 0.25) is 5.02 Å². The van der Waals surface area contributed by atoms with E-state index in [1.54, 1.807) is 0 Å². The molecule has 18 heavy (non-hydrogen) atoms. The molecule has 1 aromatic carbocycles. The molecule has 1 N–H and O–H groups in total. The highest BCUT2D eigenvalue weighted by atomic mass is 35.5. The van der Waals surface area contributed by atoms with Crippen LogP contribution < -0.4 is 5.32 Å². The van der Waals surface area contributed by atoms with Gasteiger partial charge in [0.25, 0.3) is 0 Å². The summed E-state index contributed by atoms with van der Waals surface area (Å²) in [6, 6.07) is 7.71. The van der Waals surface area contributed by atoms with E-state index in [-0.39, 0.29) is 5.91 Å². The van der Waals surface area contributed by atoms with Gasteiger partial charge in [-0.05, 0) is 37.2 Å². The number of nitrogens with one attached hydrogen (secondary N) is 1. The Morgan fingerprint density at radius 3 is 2.39 bits per heavy atom. The molecule has 1 amide bonds. The van der Waals surface area contributed by atoms with E-state index in [1.807, 2.05) is 24.3 Å². The maximum Gasteiger partial charge on any atom is 0.234 e. The van der Waals surface area contributed by atoms with Crippen LogP contribution in [-0.2, 0) is 11.2 Å². The SMILES string of the molecule is CCN(CC)CC(=O)NCCc1ccc(Cl)cc1. The summed E-state index contributed by atoms with van der Waals surface area (Å²) in [6.45, 7) is 7.08. The van der Waals surface area contributed by atoms with Crippen molar-refractivity contribution < 1.29 is 4.79 Å². The monoisotopic (exact) mass is 268 g/mol. The second-order valence-electron chi connectivity index (χ2n) is 4.19. The maximum atomic E-state index is 11.6. The van der Waals surface area contributed by atoms with Gasteiger partial charge in [-0.1, -0.05) is 37.6 Å². The third-order valence-electron chi connectivity index (χ3n) is 2.91. The van der Waals surface area contributed by atoms with Gasteiger partial charge in [0.1, 0.15) is 0 Å². The third-order valence-corrected chi connectivity index (χ3v) is 3.16. The molecular formula is C14H21ClN2O. The molecule has 0 heterocycles. The summed E-state index contributed by atoms with van der Waals surface area (Å²) in [7, 11) is 0. The van der Waals surface area contributed by atoms with E-state index in [0.717, 1.165) is 24.5 Å². The number of amides is 1. The van der Waals surface area contributed by atoms with Crippen LogP contribution in [0.1, 0.15) is 19.4 Å². The third kappa shape index (κ3) is 5.52. The average molecular weight is 269 g/mol. The molecule has 4 heteroatoms. The van der Waals surface area contributed by atoms with Crippen molar-refractivity contribution in [3.8, 4) is 0 Å². The summed E-state index contributed by atoms with van der Waals surface area (Å²) in [5.41, 5.74) is 1.18. The fraction of sp³-hybridized carbons (Fsp3) is 0.500. The van der Waals surface area contributed by atoms with Crippen LogP contribution in [0.5, 0.6) is 0 Å². The summed E-state index contributed by atoms with van der Waals surface area (Å²) < 4.78 is 0. The molecule has 0 spiro atoms. The van der Waals surface area contributed by atoms with Crippen molar-refractivity contribution in [2.75, 3.05) is 26.2 Å². The molecule has 0 aliphatic carbocycles. The Kier molecular flexibility index (Phi) is 6.76. The van der Waals surface area contributed by atoms with Gasteiger partial charge >= 0.3 is 0 Å². The molecule has 0 radical (unpaired) electrons. The van der Waals surface area contributed by atoms with Gasteiger partial charge < -0.3 is 5.32 Å². The molecule has 0 unspecified atom stereocenters. The minimum atomic E-state index is 0.0904. The van der Waals surface area contributed by atoms with Crippen molar-refractivity contribution in [1.82, 2.24) is 10.2 Å². The minimum Gasteiger partial charge on any atom is -0.355 e. The van der Waals surface area contributed by atoms with Crippen LogP contribution in [0, 0.1) is 0 Å². The average Bonchev–Trinajstić information content (AvgIpc) is 2.38. The predicted octanol–water partition coefficient (Wildman–Crippen LogP) is 2.34. The fourth-order valence-electron chi connectivity index (χ4n) is 1.70. The van der Waals surface area contributed by atoms with Crippen molar-refractivity contribution in [2.45, 2.75) is 20.3 Å². The van der Waals surface area contributed by atoms with E-state index < -0.39 is 0 Å². The van der Waals surface area contributed by atoms with Gasteiger partial charge in [0.05, 0.1) is 6.54 Å². The summed E-state index contributed by atoms with van der Waals surface area (Å²) >= 11 is 5.81. The van der Waals surface area contributed by atoms with E-state index >= 15 is 0 Å². The van der Waals surface area contributed by atoms with Crippen LogP contribution in [0.3, 0.4) is 0 Å². The Morgan fingerprint density at radius 1 is 1.22 bits per heavy atom. The summed E-state index contributed by atoms with van der Waals surface area (Å²) in [5, 5.41) is 3.67. The molecule has 0 atom stereocenters. The number of nitrogens with zero attached hydrogens (tertiary/aromatic N) is 1. The first-order valence-electron chi connectivity index (χ1n) is 6.39. The lowest BCUT2D eigenvalue weighted by atomic mass is 10.1. The van der Waals surface area contributed by atoms with Crippen LogP contribution in [-0.4, -0.2) is 37.0 Å². The van der Waals surface area contributed by atoms with E-state index in [0.29, 0.717) is 13.1 Å². The lowest BCUT2D eigenvalue weighted by Gasteiger charge is -2.17. The Morgan fingerprint density at radius 2 is 1.83 bits per heavy atom. The molecule has 100 valence electrons. The van der Waals surface area contributed by atoms with Crippen molar-refractivity contribution in [2.24, 2.45) is 0 Å². The largest absolute Gasteiger partial charge is 0.355 e.